The van der Waals surface area contributed by atoms with Crippen molar-refractivity contribution in [3.8, 4) is 0 Å². The number of hydrogen-bond donors (Lipinski definition) is 2. The van der Waals surface area contributed by atoms with Crippen LogP contribution in [0.1, 0.15) is 28.9 Å². The molecule has 2 N–H and O–H groups in total. The highest BCUT2D eigenvalue weighted by molar-refractivity contribution is 7.11. The number of thiazole rings is 1. The molecular formula is C14H23N3O2S. The van der Waals surface area contributed by atoms with Crippen LogP contribution in [-0.2, 0) is 12.8 Å². The van der Waals surface area contributed by atoms with Gasteiger partial charge in [-0.15, -0.1) is 11.3 Å². The van der Waals surface area contributed by atoms with Gasteiger partial charge < -0.3 is 15.3 Å². The monoisotopic (exact) mass is 297 g/mol. The van der Waals surface area contributed by atoms with E-state index in [4.69, 9.17) is 5.11 Å². The van der Waals surface area contributed by atoms with Crippen LogP contribution in [0.4, 0.5) is 4.79 Å². The minimum Gasteiger partial charge on any atom is -0.396 e. The maximum absolute atomic E-state index is 11.9. The molecule has 2 amide bonds. The van der Waals surface area contributed by atoms with Crippen LogP contribution in [-0.4, -0.2) is 47.3 Å². The number of nitrogens with one attached hydrogen (secondary N) is 1. The third kappa shape index (κ3) is 3.70. The fourth-order valence-corrected chi connectivity index (χ4v) is 3.50. The highest BCUT2D eigenvalue weighted by atomic mass is 32.1. The summed E-state index contributed by atoms with van der Waals surface area (Å²) < 4.78 is 0. The number of aromatic nitrogens is 1. The fraction of sp³-hybridized carbons (Fsp3) is 0.714. The van der Waals surface area contributed by atoms with Crippen molar-refractivity contribution in [3.05, 3.63) is 15.6 Å². The number of carbonyl (C=O) groups is 1. The molecular weight excluding hydrogens is 274 g/mol. The number of carbonyl (C=O) groups excluding carboxylic acids is 1. The van der Waals surface area contributed by atoms with Crippen molar-refractivity contribution in [1.82, 2.24) is 15.2 Å². The Morgan fingerprint density at radius 2 is 2.40 bits per heavy atom. The second kappa shape index (κ2) is 7.04. The summed E-state index contributed by atoms with van der Waals surface area (Å²) in [7, 11) is 0. The molecule has 0 radical (unpaired) electrons. The zero-order valence-corrected chi connectivity index (χ0v) is 13.0. The topological polar surface area (TPSA) is 65.5 Å². The van der Waals surface area contributed by atoms with E-state index in [1.165, 1.54) is 10.6 Å². The van der Waals surface area contributed by atoms with Gasteiger partial charge in [0.2, 0.25) is 0 Å². The highest BCUT2D eigenvalue weighted by Gasteiger charge is 2.25. The minimum absolute atomic E-state index is 0.0232. The molecule has 2 rings (SSSR count). The van der Waals surface area contributed by atoms with Gasteiger partial charge in [0.05, 0.1) is 10.7 Å². The maximum Gasteiger partial charge on any atom is 0.317 e. The van der Waals surface area contributed by atoms with E-state index >= 15 is 0 Å². The quantitative estimate of drug-likeness (QED) is 0.867. The summed E-state index contributed by atoms with van der Waals surface area (Å²) in [6.07, 6.45) is 2.65. The van der Waals surface area contributed by atoms with Gasteiger partial charge in [-0.25, -0.2) is 9.78 Å². The minimum atomic E-state index is -0.0232. The molecule has 0 bridgehead atoms. The largest absolute Gasteiger partial charge is 0.396 e. The number of urea groups is 1. The lowest BCUT2D eigenvalue weighted by Gasteiger charge is -2.16. The van der Waals surface area contributed by atoms with Gasteiger partial charge in [-0.3, -0.25) is 0 Å². The number of nitrogens with zero attached hydrogens (tertiary/aromatic N) is 2. The maximum atomic E-state index is 11.9. The smallest absolute Gasteiger partial charge is 0.317 e. The van der Waals surface area contributed by atoms with Gasteiger partial charge in [0.25, 0.3) is 0 Å². The van der Waals surface area contributed by atoms with Gasteiger partial charge in [0, 0.05) is 43.5 Å². The Hall–Kier alpha value is -1.14. The van der Waals surface area contributed by atoms with E-state index in [-0.39, 0.29) is 18.6 Å². The van der Waals surface area contributed by atoms with Crippen LogP contribution in [0.15, 0.2) is 0 Å². The van der Waals surface area contributed by atoms with Crippen LogP contribution in [0, 0.1) is 12.8 Å². The first-order valence-corrected chi connectivity index (χ1v) is 8.04. The predicted octanol–water partition coefficient (Wildman–Crippen LogP) is 1.58. The summed E-state index contributed by atoms with van der Waals surface area (Å²) in [6.45, 7) is 6.40. The number of aryl methyl sites for hydroxylation is 2. The Bertz CT molecular complexity index is 461. The Labute approximate surface area is 124 Å². The second-order valence-electron chi connectivity index (χ2n) is 5.23. The number of likely N-dealkylation sites (tertiary alicyclic amines) is 1. The standard InChI is InChI=1S/C14H23N3O2S/c1-3-12-10(2)20-13(16-12)4-6-15-14(19)17-7-5-11(8-17)9-18/h11,18H,3-9H2,1-2H3,(H,15,19). The first-order chi connectivity index (χ1) is 9.63. The van der Waals surface area contributed by atoms with Crippen molar-refractivity contribution in [2.75, 3.05) is 26.2 Å². The van der Waals surface area contributed by atoms with Crippen molar-refractivity contribution >= 4 is 17.4 Å². The number of rotatable bonds is 5. The SMILES string of the molecule is CCc1nc(CCNC(=O)N2CCC(CO)C2)sc1C. The van der Waals surface area contributed by atoms with Gasteiger partial charge in [-0.05, 0) is 19.8 Å². The number of hydrogen-bond acceptors (Lipinski definition) is 4. The Kier molecular flexibility index (Phi) is 5.37. The highest BCUT2D eigenvalue weighted by Crippen LogP contribution is 2.18. The van der Waals surface area contributed by atoms with Crippen molar-refractivity contribution in [1.29, 1.82) is 0 Å². The number of aliphatic hydroxyl groups is 1. The molecule has 1 unspecified atom stereocenters. The predicted molar refractivity (Wildman–Crippen MR) is 80.1 cm³/mol. The molecule has 0 aliphatic carbocycles. The summed E-state index contributed by atoms with van der Waals surface area (Å²) in [5.74, 6) is 0.245. The van der Waals surface area contributed by atoms with Crippen LogP contribution < -0.4 is 5.32 Å². The molecule has 2 heterocycles. The molecule has 1 aliphatic rings. The lowest BCUT2D eigenvalue weighted by molar-refractivity contribution is 0.198. The van der Waals surface area contributed by atoms with Gasteiger partial charge >= 0.3 is 6.03 Å². The lowest BCUT2D eigenvalue weighted by Crippen LogP contribution is -2.39. The number of aliphatic hydroxyl groups excluding tert-OH is 1. The second-order valence-corrected chi connectivity index (χ2v) is 6.52. The molecule has 112 valence electrons. The summed E-state index contributed by atoms with van der Waals surface area (Å²) >= 11 is 1.72. The van der Waals surface area contributed by atoms with Crippen LogP contribution in [0.3, 0.4) is 0 Å². The average Bonchev–Trinajstić information content (AvgIpc) is 3.05. The molecule has 1 fully saturated rings. The van der Waals surface area contributed by atoms with E-state index in [1.807, 2.05) is 0 Å². The van der Waals surface area contributed by atoms with Crippen molar-refractivity contribution in [2.45, 2.75) is 33.1 Å². The van der Waals surface area contributed by atoms with Gasteiger partial charge in [0.1, 0.15) is 0 Å². The molecule has 1 atom stereocenters. The first kappa shape index (κ1) is 15.3. The third-order valence-corrected chi connectivity index (χ3v) is 4.79. The molecule has 1 saturated heterocycles. The molecule has 0 aromatic carbocycles. The third-order valence-electron chi connectivity index (χ3n) is 3.72. The molecule has 1 aliphatic heterocycles. The summed E-state index contributed by atoms with van der Waals surface area (Å²) in [5, 5.41) is 13.1. The molecule has 1 aromatic heterocycles. The fourth-order valence-electron chi connectivity index (χ4n) is 2.48. The van der Waals surface area contributed by atoms with Gasteiger partial charge in [0.15, 0.2) is 0 Å². The normalized spacial score (nSPS) is 18.6. The van der Waals surface area contributed by atoms with E-state index < -0.39 is 0 Å². The van der Waals surface area contributed by atoms with Crippen LogP contribution >= 0.6 is 11.3 Å². The van der Waals surface area contributed by atoms with Crippen molar-refractivity contribution in [2.24, 2.45) is 5.92 Å². The van der Waals surface area contributed by atoms with Crippen molar-refractivity contribution in [3.63, 3.8) is 0 Å². The van der Waals surface area contributed by atoms with Gasteiger partial charge in [-0.2, -0.15) is 0 Å². The summed E-state index contributed by atoms with van der Waals surface area (Å²) in [4.78, 5) is 19.6. The van der Waals surface area contributed by atoms with E-state index in [0.29, 0.717) is 13.1 Å². The molecule has 0 saturated carbocycles. The van der Waals surface area contributed by atoms with E-state index in [1.54, 1.807) is 16.2 Å². The van der Waals surface area contributed by atoms with E-state index in [0.717, 1.165) is 30.8 Å². The average molecular weight is 297 g/mol. The summed E-state index contributed by atoms with van der Waals surface area (Å²) in [6, 6.07) is -0.0232. The molecule has 20 heavy (non-hydrogen) atoms. The van der Waals surface area contributed by atoms with E-state index in [2.05, 4.69) is 24.1 Å². The van der Waals surface area contributed by atoms with Crippen LogP contribution in [0.25, 0.3) is 0 Å². The van der Waals surface area contributed by atoms with Crippen molar-refractivity contribution < 1.29 is 9.90 Å². The van der Waals surface area contributed by atoms with Gasteiger partial charge in [-0.1, -0.05) is 6.92 Å². The van der Waals surface area contributed by atoms with Crippen LogP contribution in [0.5, 0.6) is 0 Å². The molecule has 0 spiro atoms. The zero-order valence-electron chi connectivity index (χ0n) is 12.2. The first-order valence-electron chi connectivity index (χ1n) is 7.22. The Morgan fingerprint density at radius 1 is 1.60 bits per heavy atom. The lowest BCUT2D eigenvalue weighted by atomic mass is 10.1. The molecule has 6 heteroatoms. The Balaban J connectivity index is 1.74. The zero-order chi connectivity index (χ0) is 14.5. The Morgan fingerprint density at radius 3 is 3.00 bits per heavy atom. The number of amides is 2. The molecule has 5 nitrogen and oxygen atoms in total. The van der Waals surface area contributed by atoms with E-state index in [9.17, 15) is 4.79 Å². The molecule has 1 aromatic rings. The van der Waals surface area contributed by atoms with Crippen LogP contribution in [0.2, 0.25) is 0 Å². The summed E-state index contributed by atoms with van der Waals surface area (Å²) in [5.41, 5.74) is 1.17.